The minimum atomic E-state index is -0.990. The third-order valence-electron chi connectivity index (χ3n) is 5.01. The van der Waals surface area contributed by atoms with Crippen LogP contribution in [0.15, 0.2) is 36.4 Å². The molecule has 0 unspecified atom stereocenters. The van der Waals surface area contributed by atoms with Gasteiger partial charge in [0.25, 0.3) is 11.8 Å². The Labute approximate surface area is 184 Å². The van der Waals surface area contributed by atoms with Gasteiger partial charge in [0.2, 0.25) is 0 Å². The van der Waals surface area contributed by atoms with Crippen molar-refractivity contribution < 1.29 is 19.1 Å². The van der Waals surface area contributed by atoms with Crippen molar-refractivity contribution in [2.24, 2.45) is 0 Å². The smallest absolute Gasteiger partial charge is 0.326 e. The predicted molar refractivity (Wildman–Crippen MR) is 122 cm³/mol. The Balaban J connectivity index is 1.88. The van der Waals surface area contributed by atoms with Gasteiger partial charge in [0.15, 0.2) is 6.10 Å². The fraction of sp³-hybridized carbons (Fsp3) is 0.400. The summed E-state index contributed by atoms with van der Waals surface area (Å²) >= 11 is 0. The summed E-state index contributed by atoms with van der Waals surface area (Å²) in [6.07, 6.45) is -0.990. The van der Waals surface area contributed by atoms with Gasteiger partial charge in [-0.25, -0.2) is 0 Å². The number of amides is 2. The Morgan fingerprint density at radius 3 is 2.03 bits per heavy atom. The van der Waals surface area contributed by atoms with E-state index in [0.717, 1.165) is 22.3 Å². The highest BCUT2D eigenvalue weighted by Crippen LogP contribution is 2.23. The van der Waals surface area contributed by atoms with Crippen LogP contribution in [0.4, 0.5) is 5.69 Å². The normalized spacial score (nSPS) is 12.1. The topological polar surface area (TPSA) is 84.5 Å². The van der Waals surface area contributed by atoms with Crippen molar-refractivity contribution in [3.05, 3.63) is 64.2 Å². The largest absolute Gasteiger partial charge is 0.451 e. The van der Waals surface area contributed by atoms with Crippen LogP contribution in [0.2, 0.25) is 0 Å². The number of anilines is 1. The average molecular weight is 425 g/mol. The quantitative estimate of drug-likeness (QED) is 0.681. The highest BCUT2D eigenvalue weighted by molar-refractivity contribution is 5.98. The van der Waals surface area contributed by atoms with Gasteiger partial charge in [-0.15, -0.1) is 0 Å². The number of carbonyl (C=O) groups is 3. The molecule has 166 valence electrons. The number of carbonyl (C=O) groups excluding carboxylic acids is 3. The lowest BCUT2D eigenvalue weighted by molar-refractivity contribution is -0.152. The summed E-state index contributed by atoms with van der Waals surface area (Å²) in [5, 5.41) is 5.35. The molecule has 0 aromatic heterocycles. The van der Waals surface area contributed by atoms with Gasteiger partial charge >= 0.3 is 5.97 Å². The van der Waals surface area contributed by atoms with E-state index in [2.05, 4.69) is 31.4 Å². The summed E-state index contributed by atoms with van der Waals surface area (Å²) in [5.74, 6) is -1.48. The molecule has 6 heteroatoms. The van der Waals surface area contributed by atoms with Crippen molar-refractivity contribution in [2.45, 2.75) is 60.0 Å². The number of ether oxygens (including phenoxy) is 1. The van der Waals surface area contributed by atoms with Crippen LogP contribution in [-0.4, -0.2) is 30.4 Å². The molecule has 0 saturated heterocycles. The van der Waals surface area contributed by atoms with E-state index in [-0.39, 0.29) is 17.9 Å². The van der Waals surface area contributed by atoms with E-state index in [0.29, 0.717) is 11.3 Å². The predicted octanol–water partition coefficient (Wildman–Crippen LogP) is 4.21. The Morgan fingerprint density at radius 1 is 0.968 bits per heavy atom. The van der Waals surface area contributed by atoms with E-state index in [1.807, 2.05) is 45.0 Å². The van der Waals surface area contributed by atoms with E-state index >= 15 is 0 Å². The molecule has 2 aromatic rings. The van der Waals surface area contributed by atoms with E-state index in [4.69, 9.17) is 4.74 Å². The van der Waals surface area contributed by atoms with E-state index in [9.17, 15) is 14.4 Å². The molecule has 2 aromatic carbocycles. The number of esters is 1. The first-order valence-electron chi connectivity index (χ1n) is 10.4. The highest BCUT2D eigenvalue weighted by atomic mass is 16.5. The third-order valence-corrected chi connectivity index (χ3v) is 5.01. The second kappa shape index (κ2) is 9.77. The molecule has 0 saturated carbocycles. The molecule has 0 spiro atoms. The average Bonchev–Trinajstić information content (AvgIpc) is 2.68. The minimum absolute atomic E-state index is 0.00875. The minimum Gasteiger partial charge on any atom is -0.451 e. The molecule has 0 aliphatic heterocycles. The number of nitrogens with one attached hydrogen (secondary N) is 2. The van der Waals surface area contributed by atoms with Crippen LogP contribution in [0.5, 0.6) is 0 Å². The summed E-state index contributed by atoms with van der Waals surface area (Å²) in [5.41, 5.74) is 5.26. The van der Waals surface area contributed by atoms with Crippen molar-refractivity contribution in [1.82, 2.24) is 5.32 Å². The Kier molecular flexibility index (Phi) is 7.60. The van der Waals surface area contributed by atoms with Gasteiger partial charge in [-0.2, -0.15) is 0 Å². The fourth-order valence-corrected chi connectivity index (χ4v) is 3.27. The monoisotopic (exact) mass is 424 g/mol. The van der Waals surface area contributed by atoms with Gasteiger partial charge in [0.05, 0.1) is 0 Å². The Hall–Kier alpha value is -3.15. The first-order chi connectivity index (χ1) is 14.4. The van der Waals surface area contributed by atoms with Crippen LogP contribution >= 0.6 is 0 Å². The molecular weight excluding hydrogens is 392 g/mol. The molecular formula is C25H32N2O4. The molecule has 2 N–H and O–H groups in total. The SMILES string of the molecule is Cc1cc(C)c(NC(=O)[C@H](C)OC(=O)CNC(=O)c2ccc(C(C)(C)C)cc2)c(C)c1. The standard InChI is InChI=1S/C25H32N2O4/c1-15-12-16(2)22(17(3)13-15)27-23(29)18(4)31-21(28)14-26-24(30)19-8-10-20(11-9-19)25(5,6)7/h8-13,18H,14H2,1-7H3,(H,26,30)(H,27,29)/t18-/m0/s1. The maximum absolute atomic E-state index is 12.4. The van der Waals surface area contributed by atoms with E-state index < -0.39 is 18.0 Å². The maximum atomic E-state index is 12.4. The van der Waals surface area contributed by atoms with Crippen LogP contribution in [0, 0.1) is 20.8 Å². The van der Waals surface area contributed by atoms with Crippen LogP contribution in [-0.2, 0) is 19.7 Å². The van der Waals surface area contributed by atoms with Gasteiger partial charge in [0, 0.05) is 11.3 Å². The second-order valence-electron chi connectivity index (χ2n) is 8.91. The first-order valence-corrected chi connectivity index (χ1v) is 10.4. The lowest BCUT2D eigenvalue weighted by Gasteiger charge is -2.19. The molecule has 0 heterocycles. The lowest BCUT2D eigenvalue weighted by Crippen LogP contribution is -2.36. The summed E-state index contributed by atoms with van der Waals surface area (Å²) in [6.45, 7) is 13.3. The molecule has 0 fully saturated rings. The van der Waals surface area contributed by atoms with Crippen LogP contribution in [0.1, 0.15) is 60.3 Å². The fourth-order valence-electron chi connectivity index (χ4n) is 3.27. The van der Waals surface area contributed by atoms with Gasteiger partial charge in [-0.1, -0.05) is 50.6 Å². The summed E-state index contributed by atoms with van der Waals surface area (Å²) in [6, 6.07) is 11.2. The maximum Gasteiger partial charge on any atom is 0.326 e. The zero-order valence-electron chi connectivity index (χ0n) is 19.4. The van der Waals surface area contributed by atoms with Crippen molar-refractivity contribution in [3.63, 3.8) is 0 Å². The number of rotatable bonds is 6. The van der Waals surface area contributed by atoms with Crippen LogP contribution in [0.25, 0.3) is 0 Å². The van der Waals surface area contributed by atoms with Crippen molar-refractivity contribution in [1.29, 1.82) is 0 Å². The molecule has 0 aliphatic rings. The van der Waals surface area contributed by atoms with Crippen LogP contribution < -0.4 is 10.6 Å². The van der Waals surface area contributed by atoms with Crippen molar-refractivity contribution in [3.8, 4) is 0 Å². The molecule has 0 aliphatic carbocycles. The second-order valence-corrected chi connectivity index (χ2v) is 8.91. The highest BCUT2D eigenvalue weighted by Gasteiger charge is 2.20. The van der Waals surface area contributed by atoms with Gasteiger partial charge < -0.3 is 15.4 Å². The van der Waals surface area contributed by atoms with Gasteiger partial charge in [0.1, 0.15) is 6.54 Å². The molecule has 2 amide bonds. The molecule has 0 radical (unpaired) electrons. The van der Waals surface area contributed by atoms with Crippen molar-refractivity contribution >= 4 is 23.5 Å². The van der Waals surface area contributed by atoms with E-state index in [1.165, 1.54) is 6.92 Å². The molecule has 31 heavy (non-hydrogen) atoms. The van der Waals surface area contributed by atoms with Crippen molar-refractivity contribution in [2.75, 3.05) is 11.9 Å². The third kappa shape index (κ3) is 6.67. The number of hydrogen-bond donors (Lipinski definition) is 2. The number of aryl methyl sites for hydroxylation is 3. The number of benzene rings is 2. The molecule has 6 nitrogen and oxygen atoms in total. The zero-order chi connectivity index (χ0) is 23.3. The summed E-state index contributed by atoms with van der Waals surface area (Å²) < 4.78 is 5.17. The Bertz CT molecular complexity index is 949. The Morgan fingerprint density at radius 2 is 1.52 bits per heavy atom. The van der Waals surface area contributed by atoms with Gasteiger partial charge in [-0.05, 0) is 61.9 Å². The number of hydrogen-bond acceptors (Lipinski definition) is 4. The zero-order valence-corrected chi connectivity index (χ0v) is 19.4. The first kappa shape index (κ1) is 24.1. The molecule has 2 rings (SSSR count). The summed E-state index contributed by atoms with van der Waals surface area (Å²) in [7, 11) is 0. The molecule has 1 atom stereocenters. The summed E-state index contributed by atoms with van der Waals surface area (Å²) in [4.78, 5) is 36.8. The van der Waals surface area contributed by atoms with Gasteiger partial charge in [-0.3, -0.25) is 14.4 Å². The van der Waals surface area contributed by atoms with E-state index in [1.54, 1.807) is 12.1 Å². The lowest BCUT2D eigenvalue weighted by atomic mass is 9.87. The molecule has 0 bridgehead atoms. The van der Waals surface area contributed by atoms with Crippen LogP contribution in [0.3, 0.4) is 0 Å².